The van der Waals surface area contributed by atoms with Crippen molar-refractivity contribution in [2.24, 2.45) is 5.92 Å². The van der Waals surface area contributed by atoms with E-state index < -0.39 is 0 Å². The van der Waals surface area contributed by atoms with Crippen molar-refractivity contribution in [3.63, 3.8) is 0 Å². The summed E-state index contributed by atoms with van der Waals surface area (Å²) in [7, 11) is 0. The van der Waals surface area contributed by atoms with Crippen molar-refractivity contribution < 1.29 is 9.13 Å². The van der Waals surface area contributed by atoms with Gasteiger partial charge in [0.2, 0.25) is 0 Å². The van der Waals surface area contributed by atoms with Crippen LogP contribution in [0.5, 0.6) is 0 Å². The zero-order chi connectivity index (χ0) is 14.7. The van der Waals surface area contributed by atoms with Gasteiger partial charge in [-0.15, -0.1) is 0 Å². The van der Waals surface area contributed by atoms with Crippen LogP contribution >= 0.6 is 0 Å². The summed E-state index contributed by atoms with van der Waals surface area (Å²) in [5.74, 6) is 0.518. The number of ether oxygens (including phenoxy) is 1. The molecule has 1 saturated carbocycles. The van der Waals surface area contributed by atoms with Crippen LogP contribution in [-0.4, -0.2) is 24.8 Å². The molecule has 2 unspecified atom stereocenters. The molecule has 2 aliphatic rings. The fraction of sp³-hybridized carbons (Fsp3) is 0.667. The molecule has 3 heteroatoms. The first kappa shape index (κ1) is 15.0. The summed E-state index contributed by atoms with van der Waals surface area (Å²) >= 11 is 0. The maximum absolute atomic E-state index is 13.9. The van der Waals surface area contributed by atoms with Gasteiger partial charge in [0.25, 0.3) is 0 Å². The molecule has 21 heavy (non-hydrogen) atoms. The van der Waals surface area contributed by atoms with Crippen molar-refractivity contribution >= 4 is 0 Å². The van der Waals surface area contributed by atoms with Crippen LogP contribution in [0.25, 0.3) is 0 Å². The number of benzene rings is 1. The summed E-state index contributed by atoms with van der Waals surface area (Å²) in [6, 6.07) is 7.53. The van der Waals surface area contributed by atoms with Crippen molar-refractivity contribution in [3.8, 4) is 0 Å². The Bertz CT molecular complexity index is 472. The van der Waals surface area contributed by atoms with E-state index in [-0.39, 0.29) is 11.4 Å². The van der Waals surface area contributed by atoms with Gasteiger partial charge in [0.05, 0.1) is 5.60 Å². The van der Waals surface area contributed by atoms with Crippen LogP contribution in [0, 0.1) is 11.7 Å². The fourth-order valence-electron chi connectivity index (χ4n) is 3.90. The molecular formula is C18H26FNO. The lowest BCUT2D eigenvalue weighted by molar-refractivity contribution is -0.147. The molecule has 0 radical (unpaired) electrons. The first-order chi connectivity index (χ1) is 10.2. The monoisotopic (exact) mass is 291 g/mol. The Kier molecular flexibility index (Phi) is 4.60. The fourth-order valence-corrected chi connectivity index (χ4v) is 3.90. The molecule has 0 aromatic heterocycles. The van der Waals surface area contributed by atoms with E-state index >= 15 is 0 Å². The van der Waals surface area contributed by atoms with Crippen molar-refractivity contribution in [3.05, 3.63) is 35.6 Å². The highest BCUT2D eigenvalue weighted by Crippen LogP contribution is 2.45. The Balaban J connectivity index is 1.70. The zero-order valence-electron chi connectivity index (χ0n) is 12.9. The molecule has 2 nitrogen and oxygen atoms in total. The van der Waals surface area contributed by atoms with Crippen LogP contribution in [0.3, 0.4) is 0 Å². The topological polar surface area (TPSA) is 21.3 Å². The summed E-state index contributed by atoms with van der Waals surface area (Å²) in [4.78, 5) is 0. The number of likely N-dealkylation sites (N-methyl/N-ethyl adjacent to an activating group) is 1. The summed E-state index contributed by atoms with van der Waals surface area (Å²) in [6.45, 7) is 3.93. The highest BCUT2D eigenvalue weighted by Gasteiger charge is 2.44. The molecule has 116 valence electrons. The standard InChI is InChI=1S/C18H26FNO/c1-2-20-17(12-14-6-3-4-7-16(14)19)15-8-11-21-18(13-15)9-5-10-18/h3-4,6-7,15,17,20H,2,5,8-13H2,1H3. The third-order valence-electron chi connectivity index (χ3n) is 5.23. The first-order valence-electron chi connectivity index (χ1n) is 8.33. The van der Waals surface area contributed by atoms with Crippen molar-refractivity contribution in [2.75, 3.05) is 13.2 Å². The van der Waals surface area contributed by atoms with E-state index in [9.17, 15) is 4.39 Å². The Morgan fingerprint density at radius 2 is 2.19 bits per heavy atom. The second kappa shape index (κ2) is 6.45. The summed E-state index contributed by atoms with van der Waals surface area (Å²) in [5, 5.41) is 3.59. The minimum Gasteiger partial charge on any atom is -0.375 e. The predicted octanol–water partition coefficient (Wildman–Crippen LogP) is 3.70. The molecule has 1 heterocycles. The van der Waals surface area contributed by atoms with Gasteiger partial charge in [-0.25, -0.2) is 4.39 Å². The molecule has 1 aromatic rings. The Labute approximate surface area is 127 Å². The molecule has 0 bridgehead atoms. The number of hydrogen-bond donors (Lipinski definition) is 1. The van der Waals surface area contributed by atoms with Gasteiger partial charge >= 0.3 is 0 Å². The molecule has 1 aliphatic carbocycles. The Morgan fingerprint density at radius 1 is 1.38 bits per heavy atom. The van der Waals surface area contributed by atoms with Crippen LogP contribution in [0.1, 0.15) is 44.6 Å². The van der Waals surface area contributed by atoms with Crippen LogP contribution in [0.4, 0.5) is 4.39 Å². The van der Waals surface area contributed by atoms with Gasteiger partial charge in [-0.3, -0.25) is 0 Å². The number of halogens is 1. The normalized spacial score (nSPS) is 25.5. The van der Waals surface area contributed by atoms with Gasteiger partial charge in [0, 0.05) is 12.6 Å². The number of hydrogen-bond acceptors (Lipinski definition) is 2. The van der Waals surface area contributed by atoms with Crippen molar-refractivity contribution in [1.29, 1.82) is 0 Å². The van der Waals surface area contributed by atoms with Crippen LogP contribution in [-0.2, 0) is 11.2 Å². The molecule has 2 atom stereocenters. The van der Waals surface area contributed by atoms with Gasteiger partial charge in [0.15, 0.2) is 0 Å². The van der Waals surface area contributed by atoms with Gasteiger partial charge in [-0.1, -0.05) is 25.1 Å². The third kappa shape index (κ3) is 3.29. The number of rotatable bonds is 5. The Morgan fingerprint density at radius 3 is 2.86 bits per heavy atom. The van der Waals surface area contributed by atoms with E-state index in [0.717, 1.165) is 38.0 Å². The van der Waals surface area contributed by atoms with Crippen molar-refractivity contribution in [1.82, 2.24) is 5.32 Å². The lowest BCUT2D eigenvalue weighted by Gasteiger charge is -2.49. The van der Waals surface area contributed by atoms with Crippen molar-refractivity contribution in [2.45, 2.75) is 57.1 Å². The molecule has 1 N–H and O–H groups in total. The lowest BCUT2D eigenvalue weighted by atomic mass is 9.70. The van der Waals surface area contributed by atoms with Gasteiger partial charge < -0.3 is 10.1 Å². The average Bonchev–Trinajstić information content (AvgIpc) is 2.47. The quantitative estimate of drug-likeness (QED) is 0.893. The van der Waals surface area contributed by atoms with Crippen LogP contribution in [0.15, 0.2) is 24.3 Å². The third-order valence-corrected chi connectivity index (χ3v) is 5.23. The van der Waals surface area contributed by atoms with Crippen LogP contribution in [0.2, 0.25) is 0 Å². The van der Waals surface area contributed by atoms with E-state index in [1.165, 1.54) is 19.3 Å². The highest BCUT2D eigenvalue weighted by molar-refractivity contribution is 5.19. The smallest absolute Gasteiger partial charge is 0.126 e. The van der Waals surface area contributed by atoms with Gasteiger partial charge in [-0.05, 0) is 62.6 Å². The van der Waals surface area contributed by atoms with E-state index in [4.69, 9.17) is 4.74 Å². The highest BCUT2D eigenvalue weighted by atomic mass is 19.1. The van der Waals surface area contributed by atoms with E-state index in [2.05, 4.69) is 12.2 Å². The SMILES string of the molecule is CCNC(Cc1ccccc1F)C1CCOC2(CCC2)C1. The van der Waals surface area contributed by atoms with E-state index in [1.807, 2.05) is 12.1 Å². The second-order valence-electron chi connectivity index (χ2n) is 6.60. The maximum atomic E-state index is 13.9. The first-order valence-corrected chi connectivity index (χ1v) is 8.33. The molecule has 2 fully saturated rings. The van der Waals surface area contributed by atoms with Gasteiger partial charge in [-0.2, -0.15) is 0 Å². The molecule has 1 saturated heterocycles. The van der Waals surface area contributed by atoms with Gasteiger partial charge in [0.1, 0.15) is 5.82 Å². The largest absolute Gasteiger partial charge is 0.375 e. The predicted molar refractivity (Wildman–Crippen MR) is 82.8 cm³/mol. The molecular weight excluding hydrogens is 265 g/mol. The zero-order valence-corrected chi connectivity index (χ0v) is 12.9. The van der Waals surface area contributed by atoms with E-state index in [0.29, 0.717) is 12.0 Å². The molecule has 3 rings (SSSR count). The molecule has 0 amide bonds. The minimum absolute atomic E-state index is 0.0779. The second-order valence-corrected chi connectivity index (χ2v) is 6.60. The summed E-state index contributed by atoms with van der Waals surface area (Å²) in [5.41, 5.74) is 0.990. The Hall–Kier alpha value is -0.930. The molecule has 1 aromatic carbocycles. The average molecular weight is 291 g/mol. The minimum atomic E-state index is -0.0779. The number of nitrogens with one attached hydrogen (secondary N) is 1. The lowest BCUT2D eigenvalue weighted by Crippen LogP contribution is -2.50. The summed E-state index contributed by atoms with van der Waals surface area (Å²) in [6.07, 6.45) is 6.73. The maximum Gasteiger partial charge on any atom is 0.126 e. The van der Waals surface area contributed by atoms with Crippen LogP contribution < -0.4 is 5.32 Å². The van der Waals surface area contributed by atoms with E-state index in [1.54, 1.807) is 12.1 Å². The summed E-state index contributed by atoms with van der Waals surface area (Å²) < 4.78 is 20.0. The molecule has 1 aliphatic heterocycles. The molecule has 1 spiro atoms.